The molecule has 0 amide bonds. The molecule has 4 aliphatic rings. The molecule has 1 N–H and O–H groups in total. The molecule has 4 rings (SSSR count). The average Bonchev–Trinajstić information content (AvgIpc) is 2.55. The molecule has 2 fully saturated rings. The summed E-state index contributed by atoms with van der Waals surface area (Å²) in [7, 11) is 4.32. The van der Waals surface area contributed by atoms with Crippen molar-refractivity contribution in [3.8, 4) is 0 Å². The summed E-state index contributed by atoms with van der Waals surface area (Å²) in [5.41, 5.74) is 1.93. The zero-order valence-electron chi connectivity index (χ0n) is 16.0. The van der Waals surface area contributed by atoms with Gasteiger partial charge in [-0.15, -0.1) is 0 Å². The van der Waals surface area contributed by atoms with Gasteiger partial charge in [0.1, 0.15) is 0 Å². The predicted octanol–water partition coefficient (Wildman–Crippen LogP) is 2.38. The van der Waals surface area contributed by atoms with E-state index in [9.17, 15) is 5.11 Å². The predicted molar refractivity (Wildman–Crippen MR) is 98.1 cm³/mol. The number of piperidine rings is 1. The van der Waals surface area contributed by atoms with Gasteiger partial charge in [-0.3, -0.25) is 0 Å². The van der Waals surface area contributed by atoms with Crippen LogP contribution in [0.15, 0.2) is 11.6 Å². The number of hydrogen-bond donors (Lipinski definition) is 1. The van der Waals surface area contributed by atoms with Gasteiger partial charge in [0.2, 0.25) is 0 Å². The Kier molecular flexibility index (Phi) is 5.70. The summed E-state index contributed by atoms with van der Waals surface area (Å²) < 4.78 is 5.88. The van der Waals surface area contributed by atoms with Gasteiger partial charge in [0, 0.05) is 12.6 Å². The fourth-order valence-electron chi connectivity index (χ4n) is 4.92. The summed E-state index contributed by atoms with van der Waals surface area (Å²) in [4.78, 5) is 4.70. The zero-order chi connectivity index (χ0) is 17.3. The lowest BCUT2D eigenvalue weighted by atomic mass is 9.49. The van der Waals surface area contributed by atoms with Crippen LogP contribution in [0.25, 0.3) is 0 Å². The quantitative estimate of drug-likeness (QED) is 0.724. The van der Waals surface area contributed by atoms with Crippen LogP contribution >= 0.6 is 0 Å². The van der Waals surface area contributed by atoms with Gasteiger partial charge in [0.05, 0.1) is 19.3 Å². The highest BCUT2D eigenvalue weighted by Gasteiger charge is 2.50. The van der Waals surface area contributed by atoms with Crippen LogP contribution < -0.4 is 0 Å². The minimum Gasteiger partial charge on any atom is -0.389 e. The Balaban J connectivity index is 1.35. The number of aliphatic hydroxyl groups excluding tert-OH is 1. The van der Waals surface area contributed by atoms with Gasteiger partial charge in [0.15, 0.2) is 0 Å². The van der Waals surface area contributed by atoms with E-state index in [2.05, 4.69) is 43.8 Å². The molecule has 4 heteroatoms. The van der Waals surface area contributed by atoms with E-state index in [1.807, 2.05) is 0 Å². The van der Waals surface area contributed by atoms with Crippen molar-refractivity contribution < 1.29 is 9.84 Å². The topological polar surface area (TPSA) is 35.9 Å². The maximum atomic E-state index is 10.3. The van der Waals surface area contributed by atoms with Crippen LogP contribution in [-0.2, 0) is 4.74 Å². The van der Waals surface area contributed by atoms with Crippen molar-refractivity contribution in [1.82, 2.24) is 9.80 Å². The monoisotopic (exact) mass is 336 g/mol. The maximum Gasteiger partial charge on any atom is 0.0900 e. The third-order valence-corrected chi connectivity index (χ3v) is 6.97. The highest BCUT2D eigenvalue weighted by Crippen LogP contribution is 2.59. The summed E-state index contributed by atoms with van der Waals surface area (Å²) in [6.07, 6.45) is 6.95. The van der Waals surface area contributed by atoms with Crippen LogP contribution in [0.3, 0.4) is 0 Å². The second-order valence-corrected chi connectivity index (χ2v) is 8.96. The maximum absolute atomic E-state index is 10.3. The summed E-state index contributed by atoms with van der Waals surface area (Å²) in [5, 5.41) is 10.3. The molecule has 3 atom stereocenters. The Morgan fingerprint density at radius 2 is 2.08 bits per heavy atom. The van der Waals surface area contributed by atoms with Crippen molar-refractivity contribution >= 4 is 0 Å². The Morgan fingerprint density at radius 3 is 2.71 bits per heavy atom. The largest absolute Gasteiger partial charge is 0.389 e. The van der Waals surface area contributed by atoms with Gasteiger partial charge in [-0.1, -0.05) is 19.9 Å². The normalized spacial score (nSPS) is 31.7. The molecular weight excluding hydrogens is 300 g/mol. The number of rotatable bonds is 7. The van der Waals surface area contributed by atoms with E-state index in [-0.39, 0.29) is 6.10 Å². The molecule has 0 aromatic rings. The average molecular weight is 337 g/mol. The van der Waals surface area contributed by atoms with E-state index in [0.717, 1.165) is 19.0 Å². The molecule has 3 unspecified atom stereocenters. The standard InChI is InChI=1S/C20H36N2O2/c1-20(2)16-6-5-15(19(20)11-16)13-24-14-18(23)12-22(4)17-7-9-21(3)10-8-17/h5,16-19,23H,6-14H2,1-4H3. The first-order valence-electron chi connectivity index (χ1n) is 9.71. The lowest BCUT2D eigenvalue weighted by Crippen LogP contribution is -2.49. The van der Waals surface area contributed by atoms with Crippen molar-refractivity contribution in [3.63, 3.8) is 0 Å². The van der Waals surface area contributed by atoms with Gasteiger partial charge in [-0.25, -0.2) is 0 Å². The van der Waals surface area contributed by atoms with Crippen molar-refractivity contribution in [2.45, 2.75) is 51.7 Å². The summed E-state index contributed by atoms with van der Waals surface area (Å²) in [6.45, 7) is 8.97. The molecule has 0 spiro atoms. The van der Waals surface area contributed by atoms with E-state index in [1.165, 1.54) is 31.3 Å². The number of likely N-dealkylation sites (N-methyl/N-ethyl adjacent to an activating group) is 1. The SMILES string of the molecule is CN1CCC(N(C)CC(O)COCC2=CCC3CC2C3(C)C)CC1. The van der Waals surface area contributed by atoms with Crippen LogP contribution in [-0.4, -0.2) is 74.0 Å². The number of fused-ring (bicyclic) bond motifs is 1. The van der Waals surface area contributed by atoms with Crippen molar-refractivity contribution in [2.24, 2.45) is 17.3 Å². The second-order valence-electron chi connectivity index (χ2n) is 8.96. The molecular formula is C20H36N2O2. The first-order valence-corrected chi connectivity index (χ1v) is 9.71. The molecule has 1 aliphatic heterocycles. The van der Waals surface area contributed by atoms with Crippen LogP contribution in [0, 0.1) is 17.3 Å². The fourth-order valence-corrected chi connectivity index (χ4v) is 4.92. The Hall–Kier alpha value is -0.420. The number of likely N-dealkylation sites (tertiary alicyclic amines) is 1. The third-order valence-electron chi connectivity index (χ3n) is 6.97. The van der Waals surface area contributed by atoms with E-state index >= 15 is 0 Å². The highest BCUT2D eigenvalue weighted by molar-refractivity contribution is 5.23. The summed E-state index contributed by atoms with van der Waals surface area (Å²) >= 11 is 0. The Morgan fingerprint density at radius 1 is 1.38 bits per heavy atom. The first-order chi connectivity index (χ1) is 11.4. The minimum atomic E-state index is -0.388. The molecule has 0 radical (unpaired) electrons. The number of aliphatic hydroxyl groups is 1. The van der Waals surface area contributed by atoms with Gasteiger partial charge >= 0.3 is 0 Å². The zero-order valence-corrected chi connectivity index (χ0v) is 16.0. The van der Waals surface area contributed by atoms with Crippen LogP contribution in [0.5, 0.6) is 0 Å². The van der Waals surface area contributed by atoms with E-state index in [0.29, 0.717) is 37.1 Å². The molecule has 0 aromatic carbocycles. The molecule has 138 valence electrons. The number of ether oxygens (including phenoxy) is 1. The van der Waals surface area contributed by atoms with Crippen molar-refractivity contribution in [2.75, 3.05) is 46.9 Å². The molecule has 2 bridgehead atoms. The molecule has 0 aromatic heterocycles. The van der Waals surface area contributed by atoms with Gasteiger partial charge < -0.3 is 19.6 Å². The van der Waals surface area contributed by atoms with Gasteiger partial charge in [-0.2, -0.15) is 0 Å². The molecule has 1 saturated carbocycles. The number of hydrogen-bond acceptors (Lipinski definition) is 4. The number of allylic oxidation sites excluding steroid dienone is 1. The Labute approximate surface area is 147 Å². The first kappa shape index (κ1) is 18.4. The van der Waals surface area contributed by atoms with Crippen molar-refractivity contribution in [1.29, 1.82) is 0 Å². The molecule has 3 aliphatic carbocycles. The fraction of sp³-hybridized carbons (Fsp3) is 0.900. The van der Waals surface area contributed by atoms with E-state index in [1.54, 1.807) is 0 Å². The van der Waals surface area contributed by atoms with Gasteiger partial charge in [-0.05, 0) is 75.7 Å². The summed E-state index contributed by atoms with van der Waals surface area (Å²) in [5.74, 6) is 1.58. The molecule has 4 nitrogen and oxygen atoms in total. The molecule has 1 saturated heterocycles. The van der Waals surface area contributed by atoms with Crippen LogP contribution in [0.4, 0.5) is 0 Å². The number of nitrogens with zero attached hydrogens (tertiary/aromatic N) is 2. The lowest BCUT2D eigenvalue weighted by Gasteiger charge is -2.56. The molecule has 24 heavy (non-hydrogen) atoms. The van der Waals surface area contributed by atoms with Gasteiger partial charge in [0.25, 0.3) is 0 Å². The second kappa shape index (κ2) is 7.45. The minimum absolute atomic E-state index is 0.388. The van der Waals surface area contributed by atoms with E-state index < -0.39 is 0 Å². The Bertz CT molecular complexity index is 455. The van der Waals surface area contributed by atoms with Crippen molar-refractivity contribution in [3.05, 3.63) is 11.6 Å². The highest BCUT2D eigenvalue weighted by atomic mass is 16.5. The van der Waals surface area contributed by atoms with Crippen LogP contribution in [0.2, 0.25) is 0 Å². The van der Waals surface area contributed by atoms with E-state index in [4.69, 9.17) is 4.74 Å². The molecule has 1 heterocycles. The summed E-state index contributed by atoms with van der Waals surface area (Å²) in [6, 6.07) is 0.601. The smallest absolute Gasteiger partial charge is 0.0900 e. The van der Waals surface area contributed by atoms with Crippen LogP contribution in [0.1, 0.15) is 39.5 Å². The third kappa shape index (κ3) is 3.87. The lowest BCUT2D eigenvalue weighted by molar-refractivity contribution is -0.0272.